The lowest BCUT2D eigenvalue weighted by molar-refractivity contribution is 0.544. The molecule has 1 unspecified atom stereocenters. The Morgan fingerprint density at radius 1 is 1.35 bits per heavy atom. The average molecular weight is 279 g/mol. The fourth-order valence-electron chi connectivity index (χ4n) is 2.25. The standard InChI is InChI=1S/C13H21N5O2/c1-4-6-18-11-10(12(19)16(3)13(18)20)17(8-15-11)7-9(14)5-2/h8-9H,4-7,14H2,1-3H3. The number of hydrogen-bond donors (Lipinski definition) is 1. The molecule has 2 N–H and O–H groups in total. The molecular weight excluding hydrogens is 258 g/mol. The van der Waals surface area contributed by atoms with Gasteiger partial charge in [-0.05, 0) is 12.8 Å². The summed E-state index contributed by atoms with van der Waals surface area (Å²) in [5.41, 5.74) is 6.19. The Morgan fingerprint density at radius 2 is 2.05 bits per heavy atom. The molecule has 7 heteroatoms. The van der Waals surface area contributed by atoms with Crippen LogP contribution in [0, 0.1) is 0 Å². The molecule has 0 saturated carbocycles. The van der Waals surface area contributed by atoms with E-state index in [1.54, 1.807) is 15.5 Å². The first-order valence-electron chi connectivity index (χ1n) is 6.91. The number of hydrogen-bond acceptors (Lipinski definition) is 4. The molecule has 0 radical (unpaired) electrons. The van der Waals surface area contributed by atoms with Gasteiger partial charge in [0.25, 0.3) is 5.56 Å². The number of aromatic nitrogens is 4. The third-order valence-corrected chi connectivity index (χ3v) is 3.50. The molecule has 0 aliphatic carbocycles. The van der Waals surface area contributed by atoms with Crippen LogP contribution in [0.2, 0.25) is 0 Å². The van der Waals surface area contributed by atoms with Gasteiger partial charge in [-0.1, -0.05) is 13.8 Å². The summed E-state index contributed by atoms with van der Waals surface area (Å²) < 4.78 is 4.43. The van der Waals surface area contributed by atoms with E-state index in [1.807, 2.05) is 13.8 Å². The number of nitrogens with two attached hydrogens (primary N) is 1. The van der Waals surface area contributed by atoms with Crippen molar-refractivity contribution < 1.29 is 0 Å². The molecule has 2 aromatic rings. The number of imidazole rings is 1. The lowest BCUT2D eigenvalue weighted by Gasteiger charge is -2.11. The van der Waals surface area contributed by atoms with Crippen LogP contribution in [-0.4, -0.2) is 24.7 Å². The Morgan fingerprint density at radius 3 is 2.65 bits per heavy atom. The fourth-order valence-corrected chi connectivity index (χ4v) is 2.25. The highest BCUT2D eigenvalue weighted by atomic mass is 16.2. The van der Waals surface area contributed by atoms with Crippen LogP contribution in [0.5, 0.6) is 0 Å². The average Bonchev–Trinajstić information content (AvgIpc) is 2.84. The van der Waals surface area contributed by atoms with Crippen molar-refractivity contribution in [3.05, 3.63) is 27.2 Å². The zero-order valence-corrected chi connectivity index (χ0v) is 12.2. The smallest absolute Gasteiger partial charge is 0.326 e. The van der Waals surface area contributed by atoms with Gasteiger partial charge >= 0.3 is 5.69 Å². The van der Waals surface area contributed by atoms with Crippen molar-refractivity contribution in [2.75, 3.05) is 0 Å². The van der Waals surface area contributed by atoms with Gasteiger partial charge in [0.2, 0.25) is 0 Å². The number of rotatable bonds is 5. The summed E-state index contributed by atoms with van der Waals surface area (Å²) >= 11 is 0. The van der Waals surface area contributed by atoms with Crippen LogP contribution in [-0.2, 0) is 20.1 Å². The van der Waals surface area contributed by atoms with Crippen molar-refractivity contribution in [1.82, 2.24) is 18.7 Å². The van der Waals surface area contributed by atoms with Gasteiger partial charge in [0.05, 0.1) is 6.33 Å². The van der Waals surface area contributed by atoms with Gasteiger partial charge < -0.3 is 10.3 Å². The Labute approximate surface area is 116 Å². The lowest BCUT2D eigenvalue weighted by Crippen LogP contribution is -2.39. The molecule has 0 aromatic carbocycles. The molecule has 0 spiro atoms. The van der Waals surface area contributed by atoms with E-state index in [9.17, 15) is 9.59 Å². The summed E-state index contributed by atoms with van der Waals surface area (Å²) in [6.07, 6.45) is 3.20. The summed E-state index contributed by atoms with van der Waals surface area (Å²) in [5.74, 6) is 0. The van der Waals surface area contributed by atoms with Gasteiger partial charge in [0.1, 0.15) is 0 Å². The van der Waals surface area contributed by atoms with Gasteiger partial charge in [0.15, 0.2) is 11.2 Å². The zero-order chi connectivity index (χ0) is 14.9. The molecule has 1 atom stereocenters. The molecule has 0 aliphatic heterocycles. The molecule has 0 bridgehead atoms. The molecule has 2 heterocycles. The van der Waals surface area contributed by atoms with Gasteiger partial charge in [-0.15, -0.1) is 0 Å². The summed E-state index contributed by atoms with van der Waals surface area (Å²) in [4.78, 5) is 28.7. The molecule has 110 valence electrons. The SMILES string of the molecule is CCCn1c(=O)n(C)c(=O)c2c1ncn2CC(N)CC. The summed E-state index contributed by atoms with van der Waals surface area (Å²) in [7, 11) is 1.49. The van der Waals surface area contributed by atoms with Crippen molar-refractivity contribution in [3.8, 4) is 0 Å². The maximum atomic E-state index is 12.3. The topological polar surface area (TPSA) is 87.8 Å². The molecular formula is C13H21N5O2. The molecule has 2 rings (SSSR count). The van der Waals surface area contributed by atoms with Crippen LogP contribution in [0.4, 0.5) is 0 Å². The van der Waals surface area contributed by atoms with Gasteiger partial charge in [0, 0.05) is 26.2 Å². The van der Waals surface area contributed by atoms with Crippen molar-refractivity contribution in [1.29, 1.82) is 0 Å². The predicted molar refractivity (Wildman–Crippen MR) is 77.8 cm³/mol. The second-order valence-corrected chi connectivity index (χ2v) is 5.04. The van der Waals surface area contributed by atoms with E-state index in [1.165, 1.54) is 7.05 Å². The Kier molecular flexibility index (Phi) is 4.08. The quantitative estimate of drug-likeness (QED) is 0.837. The minimum absolute atomic E-state index is 0.0383. The first-order chi connectivity index (χ1) is 9.51. The first-order valence-corrected chi connectivity index (χ1v) is 6.91. The normalized spacial score (nSPS) is 13.0. The second kappa shape index (κ2) is 5.62. The van der Waals surface area contributed by atoms with Crippen LogP contribution in [0.15, 0.2) is 15.9 Å². The highest BCUT2D eigenvalue weighted by Crippen LogP contribution is 2.08. The third-order valence-electron chi connectivity index (χ3n) is 3.50. The summed E-state index contributed by atoms with van der Waals surface area (Å²) in [6, 6.07) is -0.0383. The third kappa shape index (κ3) is 2.29. The molecule has 0 aliphatic rings. The second-order valence-electron chi connectivity index (χ2n) is 5.04. The molecule has 0 fully saturated rings. The minimum Gasteiger partial charge on any atom is -0.326 e. The van der Waals surface area contributed by atoms with Crippen LogP contribution in [0.3, 0.4) is 0 Å². The Hall–Kier alpha value is -1.89. The summed E-state index contributed by atoms with van der Waals surface area (Å²) in [6.45, 7) is 5.04. The summed E-state index contributed by atoms with van der Waals surface area (Å²) in [5, 5.41) is 0. The van der Waals surface area contributed by atoms with Crippen molar-refractivity contribution in [3.63, 3.8) is 0 Å². The van der Waals surface area contributed by atoms with Gasteiger partial charge in [-0.25, -0.2) is 9.78 Å². The molecule has 20 heavy (non-hydrogen) atoms. The number of aryl methyl sites for hydroxylation is 1. The van der Waals surface area contributed by atoms with E-state index in [4.69, 9.17) is 5.73 Å². The van der Waals surface area contributed by atoms with Gasteiger partial charge in [-0.2, -0.15) is 0 Å². The zero-order valence-electron chi connectivity index (χ0n) is 12.2. The van der Waals surface area contributed by atoms with Crippen LogP contribution in [0.25, 0.3) is 11.2 Å². The lowest BCUT2D eigenvalue weighted by atomic mass is 10.2. The largest absolute Gasteiger partial charge is 0.332 e. The van der Waals surface area contributed by atoms with Crippen LogP contribution >= 0.6 is 0 Å². The maximum Gasteiger partial charge on any atom is 0.332 e. The van der Waals surface area contributed by atoms with Crippen LogP contribution < -0.4 is 17.0 Å². The highest BCUT2D eigenvalue weighted by Gasteiger charge is 2.16. The van der Waals surface area contributed by atoms with E-state index in [2.05, 4.69) is 4.98 Å². The fraction of sp³-hybridized carbons (Fsp3) is 0.615. The minimum atomic E-state index is -0.325. The number of nitrogens with zero attached hydrogens (tertiary/aromatic N) is 4. The molecule has 7 nitrogen and oxygen atoms in total. The maximum absolute atomic E-state index is 12.3. The van der Waals surface area contributed by atoms with E-state index in [0.717, 1.165) is 17.4 Å². The number of fused-ring (bicyclic) bond motifs is 1. The predicted octanol–water partition coefficient (Wildman–Crippen LogP) is 0.0440. The van der Waals surface area contributed by atoms with Crippen molar-refractivity contribution in [2.24, 2.45) is 12.8 Å². The van der Waals surface area contributed by atoms with Crippen molar-refractivity contribution in [2.45, 2.75) is 45.8 Å². The first kappa shape index (κ1) is 14.5. The molecule has 2 aromatic heterocycles. The highest BCUT2D eigenvalue weighted by molar-refractivity contribution is 5.70. The van der Waals surface area contributed by atoms with E-state index >= 15 is 0 Å². The Balaban J connectivity index is 2.72. The molecule has 0 amide bonds. The van der Waals surface area contributed by atoms with E-state index in [0.29, 0.717) is 24.3 Å². The molecule has 0 saturated heterocycles. The van der Waals surface area contributed by atoms with Crippen molar-refractivity contribution >= 4 is 11.2 Å². The Bertz CT molecular complexity index is 725. The van der Waals surface area contributed by atoms with E-state index < -0.39 is 0 Å². The van der Waals surface area contributed by atoms with Gasteiger partial charge in [-0.3, -0.25) is 13.9 Å². The monoisotopic (exact) mass is 279 g/mol. The van der Waals surface area contributed by atoms with Crippen LogP contribution in [0.1, 0.15) is 26.7 Å². The van der Waals surface area contributed by atoms with E-state index in [-0.39, 0.29) is 17.3 Å².